The first-order valence-electron chi connectivity index (χ1n) is 4.51. The lowest BCUT2D eigenvalue weighted by Crippen LogP contribution is -2.25. The maximum atomic E-state index is 13.3. The van der Waals surface area contributed by atoms with Gasteiger partial charge in [-0.05, 0) is 18.2 Å². The number of nitrogens with one attached hydrogen (secondary N) is 1. The zero-order chi connectivity index (χ0) is 12.0. The Morgan fingerprint density at radius 2 is 2.38 bits per heavy atom. The number of amides is 1. The Morgan fingerprint density at radius 1 is 1.62 bits per heavy atom. The minimum atomic E-state index is -0.422. The third-order valence-electron chi connectivity index (χ3n) is 1.70. The maximum Gasteiger partial charge on any atom is 0.231 e. The molecular formula is C11H11FN2OS. The number of thioether (sulfide) groups is 1. The van der Waals surface area contributed by atoms with Crippen LogP contribution >= 0.6 is 11.8 Å². The normalized spacial score (nSPS) is 9.50. The summed E-state index contributed by atoms with van der Waals surface area (Å²) in [4.78, 5) is 11.6. The molecule has 0 aliphatic heterocycles. The lowest BCUT2D eigenvalue weighted by Gasteiger charge is -2.04. The Kier molecular flexibility index (Phi) is 4.67. The summed E-state index contributed by atoms with van der Waals surface area (Å²) in [6.07, 6.45) is 4.98. The Hall–Kier alpha value is -1.67. The minimum absolute atomic E-state index is 0.127. The number of hydrogen-bond donors (Lipinski definition) is 2. The molecule has 0 bridgehead atoms. The molecule has 0 unspecified atom stereocenters. The Morgan fingerprint density at radius 3 is 3.00 bits per heavy atom. The van der Waals surface area contributed by atoms with Crippen molar-refractivity contribution in [2.45, 2.75) is 4.90 Å². The zero-order valence-corrected chi connectivity index (χ0v) is 9.31. The van der Waals surface area contributed by atoms with Crippen LogP contribution in [0.2, 0.25) is 0 Å². The summed E-state index contributed by atoms with van der Waals surface area (Å²) in [7, 11) is 0. The number of anilines is 1. The number of carbonyl (C=O) groups is 1. The highest BCUT2D eigenvalue weighted by Gasteiger charge is 2.06. The molecule has 0 atom stereocenters. The van der Waals surface area contributed by atoms with Crippen molar-refractivity contribution in [1.29, 1.82) is 0 Å². The molecule has 1 rings (SSSR count). The molecule has 0 aromatic heterocycles. The molecule has 1 amide bonds. The van der Waals surface area contributed by atoms with Crippen molar-refractivity contribution < 1.29 is 9.18 Å². The van der Waals surface area contributed by atoms with Crippen molar-refractivity contribution in [1.82, 2.24) is 5.32 Å². The number of carbonyl (C=O) groups excluding carboxylic acids is 1. The molecule has 0 spiro atoms. The van der Waals surface area contributed by atoms with Crippen LogP contribution in [-0.4, -0.2) is 18.2 Å². The lowest BCUT2D eigenvalue weighted by molar-refractivity contribution is -0.118. The van der Waals surface area contributed by atoms with Gasteiger partial charge in [-0.1, -0.05) is 5.92 Å². The average Bonchev–Trinajstić information content (AvgIpc) is 2.25. The maximum absolute atomic E-state index is 13.3. The molecule has 3 N–H and O–H groups in total. The fourth-order valence-corrected chi connectivity index (χ4v) is 1.73. The Bertz CT molecular complexity index is 428. The van der Waals surface area contributed by atoms with Crippen LogP contribution in [0, 0.1) is 18.2 Å². The summed E-state index contributed by atoms with van der Waals surface area (Å²) in [6.45, 7) is 0.184. The van der Waals surface area contributed by atoms with Crippen LogP contribution in [0.25, 0.3) is 0 Å². The molecule has 16 heavy (non-hydrogen) atoms. The molecule has 0 heterocycles. The van der Waals surface area contributed by atoms with Crippen molar-refractivity contribution in [3.8, 4) is 12.3 Å². The summed E-state index contributed by atoms with van der Waals surface area (Å²) >= 11 is 1.10. The van der Waals surface area contributed by atoms with Crippen LogP contribution in [0.3, 0.4) is 0 Å². The predicted octanol–water partition coefficient (Wildman–Crippen LogP) is 1.25. The SMILES string of the molecule is C#CCNC(=O)CSc1ccc(N)cc1F. The van der Waals surface area contributed by atoms with E-state index in [4.69, 9.17) is 12.2 Å². The van der Waals surface area contributed by atoms with Crippen molar-refractivity contribution in [2.24, 2.45) is 0 Å². The van der Waals surface area contributed by atoms with Gasteiger partial charge in [-0.25, -0.2) is 4.39 Å². The highest BCUT2D eigenvalue weighted by Crippen LogP contribution is 2.22. The van der Waals surface area contributed by atoms with Gasteiger partial charge >= 0.3 is 0 Å². The van der Waals surface area contributed by atoms with Crippen molar-refractivity contribution in [2.75, 3.05) is 18.0 Å². The molecule has 84 valence electrons. The minimum Gasteiger partial charge on any atom is -0.399 e. The second kappa shape index (κ2) is 6.03. The average molecular weight is 238 g/mol. The van der Waals surface area contributed by atoms with E-state index in [9.17, 15) is 9.18 Å². The van der Waals surface area contributed by atoms with Gasteiger partial charge in [0.15, 0.2) is 0 Å². The quantitative estimate of drug-likeness (QED) is 0.471. The predicted molar refractivity (Wildman–Crippen MR) is 63.4 cm³/mol. The number of benzene rings is 1. The standard InChI is InChI=1S/C11H11FN2OS/c1-2-5-14-11(15)7-16-10-4-3-8(13)6-9(10)12/h1,3-4,6H,5,7,13H2,(H,14,15). The van der Waals surface area contributed by atoms with E-state index in [0.717, 1.165) is 11.8 Å². The monoisotopic (exact) mass is 238 g/mol. The van der Waals surface area contributed by atoms with E-state index in [1.54, 1.807) is 12.1 Å². The smallest absolute Gasteiger partial charge is 0.231 e. The highest BCUT2D eigenvalue weighted by atomic mass is 32.2. The van der Waals surface area contributed by atoms with Crippen molar-refractivity contribution >= 4 is 23.4 Å². The van der Waals surface area contributed by atoms with E-state index in [1.807, 2.05) is 0 Å². The molecule has 0 saturated heterocycles. The number of halogens is 1. The van der Waals surface area contributed by atoms with Gasteiger partial charge in [0.2, 0.25) is 5.91 Å². The van der Waals surface area contributed by atoms with Gasteiger partial charge in [0.25, 0.3) is 0 Å². The summed E-state index contributed by atoms with van der Waals surface area (Å²) in [5.74, 6) is 1.77. The lowest BCUT2D eigenvalue weighted by atomic mass is 10.3. The van der Waals surface area contributed by atoms with E-state index in [0.29, 0.717) is 10.6 Å². The van der Waals surface area contributed by atoms with Gasteiger partial charge in [-0.3, -0.25) is 4.79 Å². The molecule has 0 fully saturated rings. The first-order valence-corrected chi connectivity index (χ1v) is 5.50. The van der Waals surface area contributed by atoms with Gasteiger partial charge in [0, 0.05) is 10.6 Å². The molecule has 0 saturated carbocycles. The summed E-state index contributed by atoms with van der Waals surface area (Å²) in [5.41, 5.74) is 5.76. The third-order valence-corrected chi connectivity index (χ3v) is 2.75. The molecule has 0 aliphatic rings. The Labute approximate surface area is 97.6 Å². The van der Waals surface area contributed by atoms with E-state index >= 15 is 0 Å². The van der Waals surface area contributed by atoms with E-state index in [-0.39, 0.29) is 18.2 Å². The van der Waals surface area contributed by atoms with Crippen LogP contribution < -0.4 is 11.1 Å². The van der Waals surface area contributed by atoms with Gasteiger partial charge in [-0.15, -0.1) is 18.2 Å². The number of nitrogens with two attached hydrogens (primary N) is 1. The molecule has 1 aromatic rings. The molecule has 5 heteroatoms. The van der Waals surface area contributed by atoms with Crippen LogP contribution in [0.4, 0.5) is 10.1 Å². The van der Waals surface area contributed by atoms with Gasteiger partial charge in [0.05, 0.1) is 12.3 Å². The van der Waals surface area contributed by atoms with E-state index in [1.165, 1.54) is 6.07 Å². The van der Waals surface area contributed by atoms with Crippen LogP contribution in [0.1, 0.15) is 0 Å². The summed E-state index contributed by atoms with van der Waals surface area (Å²) in [5, 5.41) is 2.49. The van der Waals surface area contributed by atoms with E-state index in [2.05, 4.69) is 11.2 Å². The molecule has 0 aliphatic carbocycles. The highest BCUT2D eigenvalue weighted by molar-refractivity contribution is 8.00. The zero-order valence-electron chi connectivity index (χ0n) is 8.50. The number of hydrogen-bond acceptors (Lipinski definition) is 3. The van der Waals surface area contributed by atoms with Gasteiger partial charge in [-0.2, -0.15) is 0 Å². The fourth-order valence-electron chi connectivity index (χ4n) is 0.978. The second-order valence-corrected chi connectivity index (χ2v) is 3.98. The summed E-state index contributed by atoms with van der Waals surface area (Å²) < 4.78 is 13.3. The van der Waals surface area contributed by atoms with Gasteiger partial charge in [0.1, 0.15) is 5.82 Å². The van der Waals surface area contributed by atoms with Gasteiger partial charge < -0.3 is 11.1 Å². The Balaban J connectivity index is 2.49. The number of terminal acetylenes is 1. The molecular weight excluding hydrogens is 227 g/mol. The first kappa shape index (κ1) is 12.4. The molecule has 1 aromatic carbocycles. The first-order chi connectivity index (χ1) is 7.63. The topological polar surface area (TPSA) is 55.1 Å². The van der Waals surface area contributed by atoms with Crippen LogP contribution in [0.15, 0.2) is 23.1 Å². The largest absolute Gasteiger partial charge is 0.399 e. The third kappa shape index (κ3) is 3.83. The van der Waals surface area contributed by atoms with Crippen LogP contribution in [0.5, 0.6) is 0 Å². The van der Waals surface area contributed by atoms with Crippen molar-refractivity contribution in [3.63, 3.8) is 0 Å². The van der Waals surface area contributed by atoms with Crippen LogP contribution in [-0.2, 0) is 4.79 Å². The van der Waals surface area contributed by atoms with Crippen molar-refractivity contribution in [3.05, 3.63) is 24.0 Å². The number of rotatable bonds is 4. The number of nitrogen functional groups attached to an aromatic ring is 1. The van der Waals surface area contributed by atoms with E-state index < -0.39 is 5.82 Å². The second-order valence-electron chi connectivity index (χ2n) is 2.96. The molecule has 0 radical (unpaired) electrons. The molecule has 3 nitrogen and oxygen atoms in total. The summed E-state index contributed by atoms with van der Waals surface area (Å²) in [6, 6.07) is 4.36. The fraction of sp³-hybridized carbons (Fsp3) is 0.182.